The van der Waals surface area contributed by atoms with E-state index in [-0.39, 0.29) is 17.2 Å². The number of nitrogen functional groups attached to an aromatic ring is 1. The predicted molar refractivity (Wildman–Crippen MR) is 88.9 cm³/mol. The summed E-state index contributed by atoms with van der Waals surface area (Å²) < 4.78 is 13.5. The van der Waals surface area contributed by atoms with Crippen LogP contribution in [0.1, 0.15) is 11.1 Å². The molecule has 1 heterocycles. The van der Waals surface area contributed by atoms with Gasteiger partial charge in [-0.2, -0.15) is 10.5 Å². The van der Waals surface area contributed by atoms with Gasteiger partial charge in [0.2, 0.25) is 0 Å². The zero-order valence-corrected chi connectivity index (χ0v) is 12.5. The SMILES string of the molecule is N#Cc1ccc(-c2cc(-c3cccc(F)c3)nc(N)c2C#N)cc1. The van der Waals surface area contributed by atoms with Gasteiger partial charge in [0.05, 0.1) is 17.3 Å². The van der Waals surface area contributed by atoms with Gasteiger partial charge < -0.3 is 5.73 Å². The minimum atomic E-state index is -0.378. The van der Waals surface area contributed by atoms with Crippen molar-refractivity contribution in [1.82, 2.24) is 4.98 Å². The summed E-state index contributed by atoms with van der Waals surface area (Å²) in [5.41, 5.74) is 9.06. The van der Waals surface area contributed by atoms with E-state index in [2.05, 4.69) is 11.1 Å². The van der Waals surface area contributed by atoms with Crippen molar-refractivity contribution in [3.8, 4) is 34.5 Å². The summed E-state index contributed by atoms with van der Waals surface area (Å²) in [6.07, 6.45) is 0. The van der Waals surface area contributed by atoms with Crippen molar-refractivity contribution in [2.24, 2.45) is 0 Å². The molecule has 0 saturated carbocycles. The van der Waals surface area contributed by atoms with Gasteiger partial charge >= 0.3 is 0 Å². The van der Waals surface area contributed by atoms with Crippen LogP contribution in [0, 0.1) is 28.5 Å². The number of nitrogens with zero attached hydrogens (tertiary/aromatic N) is 3. The molecule has 0 atom stereocenters. The molecule has 0 fully saturated rings. The lowest BCUT2D eigenvalue weighted by Gasteiger charge is -2.10. The minimum absolute atomic E-state index is 0.0821. The van der Waals surface area contributed by atoms with E-state index in [1.165, 1.54) is 12.1 Å². The van der Waals surface area contributed by atoms with E-state index >= 15 is 0 Å². The highest BCUT2D eigenvalue weighted by Crippen LogP contribution is 2.31. The predicted octanol–water partition coefficient (Wildman–Crippen LogP) is 3.88. The minimum Gasteiger partial charge on any atom is -0.383 e. The molecule has 0 unspecified atom stereocenters. The number of nitriles is 2. The average Bonchev–Trinajstić information content (AvgIpc) is 2.61. The quantitative estimate of drug-likeness (QED) is 0.777. The van der Waals surface area contributed by atoms with E-state index in [0.717, 1.165) is 5.56 Å². The summed E-state index contributed by atoms with van der Waals surface area (Å²) in [4.78, 5) is 4.21. The highest BCUT2D eigenvalue weighted by molar-refractivity contribution is 5.80. The fraction of sp³-hybridized carbons (Fsp3) is 0. The first-order valence-corrected chi connectivity index (χ1v) is 7.09. The first-order valence-electron chi connectivity index (χ1n) is 7.09. The Labute approximate surface area is 138 Å². The molecule has 0 bridgehead atoms. The lowest BCUT2D eigenvalue weighted by molar-refractivity contribution is 0.628. The molecule has 2 aromatic carbocycles. The molecule has 4 nitrogen and oxygen atoms in total. The molecule has 0 aliphatic carbocycles. The Morgan fingerprint density at radius 2 is 1.67 bits per heavy atom. The van der Waals surface area contributed by atoms with Gasteiger partial charge in [-0.05, 0) is 35.9 Å². The summed E-state index contributed by atoms with van der Waals surface area (Å²) in [5.74, 6) is -0.296. The second-order valence-corrected chi connectivity index (χ2v) is 5.13. The van der Waals surface area contributed by atoms with Crippen LogP contribution >= 0.6 is 0 Å². The van der Waals surface area contributed by atoms with Crippen molar-refractivity contribution in [2.75, 3.05) is 5.73 Å². The van der Waals surface area contributed by atoms with E-state index in [1.807, 2.05) is 6.07 Å². The number of aromatic nitrogens is 1. The van der Waals surface area contributed by atoms with Crippen LogP contribution in [0.5, 0.6) is 0 Å². The maximum absolute atomic E-state index is 13.5. The van der Waals surface area contributed by atoms with Crippen molar-refractivity contribution < 1.29 is 4.39 Å². The first-order chi connectivity index (χ1) is 11.6. The second-order valence-electron chi connectivity index (χ2n) is 5.13. The lowest BCUT2D eigenvalue weighted by atomic mass is 9.97. The highest BCUT2D eigenvalue weighted by Gasteiger charge is 2.13. The van der Waals surface area contributed by atoms with Gasteiger partial charge in [-0.1, -0.05) is 24.3 Å². The third-order valence-corrected chi connectivity index (χ3v) is 3.60. The molecule has 0 aliphatic rings. The van der Waals surface area contributed by atoms with Gasteiger partial charge in [-0.15, -0.1) is 0 Å². The number of hydrogen-bond donors (Lipinski definition) is 1. The molecule has 3 rings (SSSR count). The maximum atomic E-state index is 13.5. The Hall–Kier alpha value is -3.70. The third-order valence-electron chi connectivity index (χ3n) is 3.60. The summed E-state index contributed by atoms with van der Waals surface area (Å²) in [7, 11) is 0. The molecule has 5 heteroatoms. The third kappa shape index (κ3) is 2.79. The summed E-state index contributed by atoms with van der Waals surface area (Å²) in [6.45, 7) is 0. The van der Waals surface area contributed by atoms with Gasteiger partial charge in [0.15, 0.2) is 0 Å². The molecule has 1 aromatic heterocycles. The fourth-order valence-electron chi connectivity index (χ4n) is 2.43. The molecule has 0 spiro atoms. The van der Waals surface area contributed by atoms with Crippen molar-refractivity contribution >= 4 is 5.82 Å². The Morgan fingerprint density at radius 3 is 2.29 bits per heavy atom. The molecular formula is C19H11FN4. The van der Waals surface area contributed by atoms with Crippen LogP contribution in [0.2, 0.25) is 0 Å². The second kappa shape index (κ2) is 6.20. The number of nitrogens with two attached hydrogens (primary N) is 1. The Kier molecular flexibility index (Phi) is 3.93. The van der Waals surface area contributed by atoms with Crippen molar-refractivity contribution in [3.05, 3.63) is 71.5 Å². The molecule has 0 aliphatic heterocycles. The lowest BCUT2D eigenvalue weighted by Crippen LogP contribution is -2.00. The fourth-order valence-corrected chi connectivity index (χ4v) is 2.43. The maximum Gasteiger partial charge on any atom is 0.142 e. The zero-order chi connectivity index (χ0) is 17.1. The van der Waals surface area contributed by atoms with Crippen molar-refractivity contribution in [1.29, 1.82) is 10.5 Å². The number of anilines is 1. The van der Waals surface area contributed by atoms with Gasteiger partial charge in [-0.3, -0.25) is 0 Å². The Bertz CT molecular complexity index is 995. The van der Waals surface area contributed by atoms with Crippen LogP contribution in [0.3, 0.4) is 0 Å². The summed E-state index contributed by atoms with van der Waals surface area (Å²) in [6, 6.07) is 18.6. The van der Waals surface area contributed by atoms with Crippen LogP contribution in [-0.2, 0) is 0 Å². The van der Waals surface area contributed by atoms with E-state index in [1.54, 1.807) is 42.5 Å². The van der Waals surface area contributed by atoms with Gasteiger partial charge in [0, 0.05) is 11.1 Å². The number of halogens is 1. The Balaban J connectivity index is 2.20. The molecule has 0 radical (unpaired) electrons. The largest absolute Gasteiger partial charge is 0.383 e. The topological polar surface area (TPSA) is 86.5 Å². The molecule has 114 valence electrons. The summed E-state index contributed by atoms with van der Waals surface area (Å²) >= 11 is 0. The zero-order valence-electron chi connectivity index (χ0n) is 12.5. The molecule has 24 heavy (non-hydrogen) atoms. The number of hydrogen-bond acceptors (Lipinski definition) is 4. The molecule has 0 amide bonds. The van der Waals surface area contributed by atoms with Crippen LogP contribution < -0.4 is 5.73 Å². The van der Waals surface area contributed by atoms with Gasteiger partial charge in [-0.25, -0.2) is 9.37 Å². The standard InChI is InChI=1S/C19H11FN4/c20-15-3-1-2-14(8-15)18-9-16(17(11-22)19(23)24-18)13-6-4-12(10-21)5-7-13/h1-9H,(H2,23,24). The van der Waals surface area contributed by atoms with Crippen LogP contribution in [0.4, 0.5) is 10.2 Å². The van der Waals surface area contributed by atoms with Gasteiger partial charge in [0.1, 0.15) is 23.3 Å². The van der Waals surface area contributed by atoms with E-state index < -0.39 is 0 Å². The first kappa shape index (κ1) is 15.2. The normalized spacial score (nSPS) is 9.96. The Morgan fingerprint density at radius 1 is 0.917 bits per heavy atom. The van der Waals surface area contributed by atoms with Crippen molar-refractivity contribution in [2.45, 2.75) is 0 Å². The smallest absolute Gasteiger partial charge is 0.142 e. The highest BCUT2D eigenvalue weighted by atomic mass is 19.1. The van der Waals surface area contributed by atoms with Crippen LogP contribution in [-0.4, -0.2) is 4.98 Å². The summed E-state index contributed by atoms with van der Waals surface area (Å²) in [5, 5.41) is 18.3. The number of pyridine rings is 1. The van der Waals surface area contributed by atoms with Crippen LogP contribution in [0.15, 0.2) is 54.6 Å². The van der Waals surface area contributed by atoms with E-state index in [9.17, 15) is 9.65 Å². The molecule has 0 saturated heterocycles. The van der Waals surface area contributed by atoms with Crippen LogP contribution in [0.25, 0.3) is 22.4 Å². The van der Waals surface area contributed by atoms with Crippen molar-refractivity contribution in [3.63, 3.8) is 0 Å². The molecule has 2 N–H and O–H groups in total. The monoisotopic (exact) mass is 314 g/mol. The van der Waals surface area contributed by atoms with E-state index in [0.29, 0.717) is 22.4 Å². The molecule has 3 aromatic rings. The van der Waals surface area contributed by atoms with E-state index in [4.69, 9.17) is 11.0 Å². The number of rotatable bonds is 2. The average molecular weight is 314 g/mol. The molecular weight excluding hydrogens is 303 g/mol. The van der Waals surface area contributed by atoms with Gasteiger partial charge in [0.25, 0.3) is 0 Å². The number of benzene rings is 2.